The molecule has 0 radical (unpaired) electrons. The Hall–Kier alpha value is -1.33. The Kier molecular flexibility index (Phi) is 3.67. The van der Waals surface area contributed by atoms with Gasteiger partial charge in [0, 0.05) is 18.8 Å². The van der Waals surface area contributed by atoms with Crippen LogP contribution in [-0.4, -0.2) is 15.7 Å². The fourth-order valence-electron chi connectivity index (χ4n) is 0.928. The van der Waals surface area contributed by atoms with Crippen molar-refractivity contribution in [1.29, 1.82) is 0 Å². The summed E-state index contributed by atoms with van der Waals surface area (Å²) in [6.45, 7) is 3.64. The van der Waals surface area contributed by atoms with Gasteiger partial charge in [-0.2, -0.15) is 0 Å². The van der Waals surface area contributed by atoms with Crippen LogP contribution in [0.3, 0.4) is 0 Å². The number of hydrogen-bond donors (Lipinski definition) is 1. The van der Waals surface area contributed by atoms with Crippen molar-refractivity contribution < 1.29 is 5.11 Å². The van der Waals surface area contributed by atoms with Crippen molar-refractivity contribution in [1.82, 2.24) is 4.98 Å². The summed E-state index contributed by atoms with van der Waals surface area (Å²) in [4.78, 5) is 3.99. The summed E-state index contributed by atoms with van der Waals surface area (Å²) in [6, 6.07) is 3.86. The van der Waals surface area contributed by atoms with Gasteiger partial charge in [0.1, 0.15) is 5.60 Å². The third-order valence-corrected chi connectivity index (χ3v) is 2.06. The highest BCUT2D eigenvalue weighted by Crippen LogP contribution is 2.05. The van der Waals surface area contributed by atoms with Crippen molar-refractivity contribution in [3.8, 4) is 11.8 Å². The van der Waals surface area contributed by atoms with Gasteiger partial charge in [-0.3, -0.25) is 4.98 Å². The molecule has 0 fully saturated rings. The molecule has 1 atom stereocenters. The zero-order chi connectivity index (χ0) is 10.4. The van der Waals surface area contributed by atoms with E-state index in [0.29, 0.717) is 12.8 Å². The molecule has 0 amide bonds. The fraction of sp³-hybridized carbons (Fsp3) is 0.417. The van der Waals surface area contributed by atoms with Crippen LogP contribution in [-0.2, 0) is 6.42 Å². The smallest absolute Gasteiger partial charge is 0.122 e. The lowest BCUT2D eigenvalue weighted by molar-refractivity contribution is 0.118. The van der Waals surface area contributed by atoms with Gasteiger partial charge >= 0.3 is 0 Å². The summed E-state index contributed by atoms with van der Waals surface area (Å²) in [5, 5.41) is 9.61. The lowest BCUT2D eigenvalue weighted by atomic mass is 10.0. The summed E-state index contributed by atoms with van der Waals surface area (Å²) in [7, 11) is 0. The van der Waals surface area contributed by atoms with Gasteiger partial charge in [-0.1, -0.05) is 24.8 Å². The minimum Gasteiger partial charge on any atom is -0.378 e. The van der Waals surface area contributed by atoms with Gasteiger partial charge in [-0.05, 0) is 25.0 Å². The quantitative estimate of drug-likeness (QED) is 0.719. The summed E-state index contributed by atoms with van der Waals surface area (Å²) in [5.41, 5.74) is 0.217. The van der Waals surface area contributed by atoms with Gasteiger partial charge in [0.05, 0.1) is 0 Å². The molecule has 1 heterocycles. The van der Waals surface area contributed by atoms with Gasteiger partial charge in [-0.15, -0.1) is 0 Å². The highest BCUT2D eigenvalue weighted by atomic mass is 16.3. The van der Waals surface area contributed by atoms with E-state index in [1.54, 1.807) is 19.3 Å². The Morgan fingerprint density at radius 2 is 2.36 bits per heavy atom. The molecule has 0 saturated heterocycles. The molecule has 74 valence electrons. The highest BCUT2D eigenvalue weighted by Gasteiger charge is 2.11. The first-order valence-electron chi connectivity index (χ1n) is 4.75. The summed E-state index contributed by atoms with van der Waals surface area (Å²) < 4.78 is 0. The molecule has 0 aliphatic rings. The van der Waals surface area contributed by atoms with Crippen molar-refractivity contribution >= 4 is 0 Å². The minimum atomic E-state index is -0.859. The molecule has 2 heteroatoms. The molecule has 0 spiro atoms. The molecule has 1 aromatic rings. The molecule has 1 aromatic heterocycles. The lowest BCUT2D eigenvalue weighted by Gasteiger charge is -2.11. The molecule has 0 saturated carbocycles. The topological polar surface area (TPSA) is 33.1 Å². The predicted molar refractivity (Wildman–Crippen MR) is 56.6 cm³/mol. The van der Waals surface area contributed by atoms with Crippen LogP contribution in [0.15, 0.2) is 24.5 Å². The van der Waals surface area contributed by atoms with Gasteiger partial charge < -0.3 is 5.11 Å². The molecule has 1 rings (SSSR count). The molecule has 14 heavy (non-hydrogen) atoms. The van der Waals surface area contributed by atoms with E-state index in [1.165, 1.54) is 0 Å². The first-order valence-corrected chi connectivity index (χ1v) is 4.75. The van der Waals surface area contributed by atoms with Gasteiger partial charge in [0.15, 0.2) is 0 Å². The molecule has 2 nitrogen and oxygen atoms in total. The summed E-state index contributed by atoms with van der Waals surface area (Å²) >= 11 is 0. The van der Waals surface area contributed by atoms with Gasteiger partial charge in [0.25, 0.3) is 0 Å². The summed E-state index contributed by atoms with van der Waals surface area (Å²) in [5.74, 6) is 5.79. The Morgan fingerprint density at radius 1 is 1.57 bits per heavy atom. The molecule has 0 aliphatic heterocycles. The number of hydrogen-bond acceptors (Lipinski definition) is 2. The fourth-order valence-corrected chi connectivity index (χ4v) is 0.928. The minimum absolute atomic E-state index is 0.643. The maximum Gasteiger partial charge on any atom is 0.122 e. The van der Waals surface area contributed by atoms with E-state index in [-0.39, 0.29) is 0 Å². The van der Waals surface area contributed by atoms with E-state index in [9.17, 15) is 5.11 Å². The van der Waals surface area contributed by atoms with Crippen LogP contribution in [0.2, 0.25) is 0 Å². The monoisotopic (exact) mass is 189 g/mol. The van der Waals surface area contributed by atoms with Gasteiger partial charge in [-0.25, -0.2) is 0 Å². The third-order valence-electron chi connectivity index (χ3n) is 2.06. The number of rotatable bonds is 2. The molecule has 0 aromatic carbocycles. The molecule has 1 N–H and O–H groups in total. The standard InChI is InChI=1S/C12H15NO/c1-3-12(2,14)8-4-6-11-7-5-9-13-10-11/h5,7,9-10,14H,3,6H2,1-2H3. The largest absolute Gasteiger partial charge is 0.378 e. The van der Waals surface area contributed by atoms with E-state index in [4.69, 9.17) is 0 Å². The predicted octanol–water partition coefficient (Wildman–Crippen LogP) is 1.79. The van der Waals surface area contributed by atoms with E-state index >= 15 is 0 Å². The molecule has 0 aliphatic carbocycles. The first-order chi connectivity index (χ1) is 6.64. The summed E-state index contributed by atoms with van der Waals surface area (Å²) in [6.07, 6.45) is 4.81. The van der Waals surface area contributed by atoms with Crippen molar-refractivity contribution in [3.05, 3.63) is 30.1 Å². The van der Waals surface area contributed by atoms with E-state index in [0.717, 1.165) is 5.56 Å². The molecular formula is C12H15NO. The Labute approximate surface area is 85.0 Å². The van der Waals surface area contributed by atoms with Crippen LogP contribution in [0, 0.1) is 11.8 Å². The third kappa shape index (κ3) is 3.59. The van der Waals surface area contributed by atoms with Crippen molar-refractivity contribution in [2.24, 2.45) is 0 Å². The van der Waals surface area contributed by atoms with Gasteiger partial charge in [0.2, 0.25) is 0 Å². The van der Waals surface area contributed by atoms with Crippen LogP contribution in [0.25, 0.3) is 0 Å². The SMILES string of the molecule is CCC(C)(O)C#CCc1cccnc1. The number of pyridine rings is 1. The maximum absolute atomic E-state index is 9.61. The number of nitrogens with zero attached hydrogens (tertiary/aromatic N) is 1. The van der Waals surface area contributed by atoms with Crippen LogP contribution in [0.5, 0.6) is 0 Å². The zero-order valence-corrected chi connectivity index (χ0v) is 8.62. The van der Waals surface area contributed by atoms with Crippen LogP contribution < -0.4 is 0 Å². The Morgan fingerprint density at radius 3 is 2.93 bits per heavy atom. The average molecular weight is 189 g/mol. The maximum atomic E-state index is 9.61. The van der Waals surface area contributed by atoms with Crippen molar-refractivity contribution in [3.63, 3.8) is 0 Å². The van der Waals surface area contributed by atoms with Crippen molar-refractivity contribution in [2.75, 3.05) is 0 Å². The Balaban J connectivity index is 2.56. The normalized spacial score (nSPS) is 13.9. The van der Waals surface area contributed by atoms with E-state index in [2.05, 4.69) is 16.8 Å². The second kappa shape index (κ2) is 4.78. The molecule has 0 bridgehead atoms. The van der Waals surface area contributed by atoms with Crippen molar-refractivity contribution in [2.45, 2.75) is 32.3 Å². The van der Waals surface area contributed by atoms with Crippen LogP contribution in [0.4, 0.5) is 0 Å². The second-order valence-electron chi connectivity index (χ2n) is 3.47. The number of aromatic nitrogens is 1. The zero-order valence-electron chi connectivity index (χ0n) is 8.62. The molecular weight excluding hydrogens is 174 g/mol. The lowest BCUT2D eigenvalue weighted by Crippen LogP contribution is -2.19. The highest BCUT2D eigenvalue weighted by molar-refractivity contribution is 5.20. The molecule has 1 unspecified atom stereocenters. The Bertz CT molecular complexity index is 332. The average Bonchev–Trinajstić information content (AvgIpc) is 2.19. The second-order valence-corrected chi connectivity index (χ2v) is 3.47. The van der Waals surface area contributed by atoms with E-state index in [1.807, 2.05) is 19.1 Å². The van der Waals surface area contributed by atoms with Crippen LogP contribution in [0.1, 0.15) is 25.8 Å². The first kappa shape index (κ1) is 10.7. The van der Waals surface area contributed by atoms with Crippen LogP contribution >= 0.6 is 0 Å². The number of aliphatic hydroxyl groups is 1. The van der Waals surface area contributed by atoms with E-state index < -0.39 is 5.60 Å².